The van der Waals surface area contributed by atoms with E-state index in [-0.39, 0.29) is 24.0 Å². The number of ether oxygens (including phenoxy) is 1. The molecule has 5 nitrogen and oxygen atoms in total. The molecule has 0 bridgehead atoms. The van der Waals surface area contributed by atoms with E-state index in [4.69, 9.17) is 4.74 Å². The molecule has 26 heavy (non-hydrogen) atoms. The Kier molecular flexibility index (Phi) is 9.93. The van der Waals surface area contributed by atoms with Gasteiger partial charge in [0.1, 0.15) is 5.75 Å². The molecule has 1 heterocycles. The van der Waals surface area contributed by atoms with Crippen LogP contribution in [0.25, 0.3) is 0 Å². The first-order valence-electron chi connectivity index (χ1n) is 8.50. The number of halogens is 1. The average molecular weight is 488 g/mol. The number of nitrogens with one attached hydrogen (secondary N) is 1. The third-order valence-corrected chi connectivity index (χ3v) is 5.01. The molecule has 0 saturated carbocycles. The Morgan fingerprint density at radius 3 is 2.58 bits per heavy atom. The minimum Gasteiger partial charge on any atom is -0.497 e. The van der Waals surface area contributed by atoms with Crippen LogP contribution in [0.15, 0.2) is 34.6 Å². The Balaban J connectivity index is 0.00000338. The summed E-state index contributed by atoms with van der Waals surface area (Å²) in [6.07, 6.45) is 1.04. The largest absolute Gasteiger partial charge is 0.497 e. The third kappa shape index (κ3) is 6.75. The Hall–Kier alpha value is -1.35. The molecule has 0 spiro atoms. The lowest BCUT2D eigenvalue weighted by Crippen LogP contribution is -2.39. The van der Waals surface area contributed by atoms with Crippen LogP contribution in [0.3, 0.4) is 0 Å². The van der Waals surface area contributed by atoms with Crippen molar-refractivity contribution in [3.8, 4) is 5.75 Å². The molecule has 0 fully saturated rings. The van der Waals surface area contributed by atoms with Crippen molar-refractivity contribution >= 4 is 41.3 Å². The molecule has 2 aromatic rings. The van der Waals surface area contributed by atoms with Crippen LogP contribution in [0, 0.1) is 6.92 Å². The van der Waals surface area contributed by atoms with Crippen molar-refractivity contribution in [3.63, 3.8) is 0 Å². The summed E-state index contributed by atoms with van der Waals surface area (Å²) >= 11 is 1.68. The van der Waals surface area contributed by atoms with Gasteiger partial charge >= 0.3 is 0 Å². The number of thiazole rings is 1. The highest BCUT2D eigenvalue weighted by molar-refractivity contribution is 14.0. The molecule has 0 amide bonds. The van der Waals surface area contributed by atoms with E-state index in [9.17, 15) is 0 Å². The number of benzene rings is 1. The molecule has 0 aliphatic heterocycles. The number of aliphatic imine (C=N–C) groups is 1. The maximum atomic E-state index is 5.21. The number of rotatable bonds is 7. The lowest BCUT2D eigenvalue weighted by Gasteiger charge is -2.22. The van der Waals surface area contributed by atoms with Crippen molar-refractivity contribution in [3.05, 3.63) is 45.9 Å². The quantitative estimate of drug-likeness (QED) is 0.359. The first-order chi connectivity index (χ1) is 12.0. The molecule has 1 aromatic heterocycles. The van der Waals surface area contributed by atoms with Gasteiger partial charge in [-0.15, -0.1) is 35.3 Å². The highest BCUT2D eigenvalue weighted by Crippen LogP contribution is 2.21. The van der Waals surface area contributed by atoms with Crippen molar-refractivity contribution in [2.75, 3.05) is 27.7 Å². The Labute approximate surface area is 177 Å². The second kappa shape index (κ2) is 11.4. The highest BCUT2D eigenvalue weighted by atomic mass is 127. The van der Waals surface area contributed by atoms with Gasteiger partial charge in [-0.1, -0.05) is 19.1 Å². The minimum atomic E-state index is 0. The molecular weight excluding hydrogens is 459 g/mol. The average Bonchev–Trinajstić information content (AvgIpc) is 3.03. The Morgan fingerprint density at radius 2 is 2.04 bits per heavy atom. The summed E-state index contributed by atoms with van der Waals surface area (Å²) in [4.78, 5) is 11.0. The molecule has 0 aliphatic rings. The second-order valence-corrected chi connectivity index (χ2v) is 7.21. The number of guanidine groups is 1. The summed E-state index contributed by atoms with van der Waals surface area (Å²) in [7, 11) is 5.55. The molecule has 0 aliphatic carbocycles. The Morgan fingerprint density at radius 1 is 1.35 bits per heavy atom. The standard InChI is InChI=1S/C19H28N4OS.HI/c1-14(16-6-8-18(24-5)9-7-16)10-11-21-19(20-3)23(4)12-17-13-25-15(2)22-17;/h6-9,13-14H,10-12H2,1-5H3,(H,20,21);1H. The van der Waals surface area contributed by atoms with Gasteiger partial charge in [-0.25, -0.2) is 4.98 Å². The molecule has 1 N–H and O–H groups in total. The van der Waals surface area contributed by atoms with Gasteiger partial charge < -0.3 is 15.0 Å². The molecule has 0 saturated heterocycles. The van der Waals surface area contributed by atoms with Crippen molar-refractivity contribution < 1.29 is 4.74 Å². The normalized spacial score (nSPS) is 12.3. The predicted molar refractivity (Wildman–Crippen MR) is 121 cm³/mol. The van der Waals surface area contributed by atoms with Gasteiger partial charge in [-0.2, -0.15) is 0 Å². The number of aryl methyl sites for hydroxylation is 1. The van der Waals surface area contributed by atoms with Crippen molar-refractivity contribution in [1.29, 1.82) is 0 Å². The predicted octanol–water partition coefficient (Wildman–Crippen LogP) is 4.28. The summed E-state index contributed by atoms with van der Waals surface area (Å²) in [6.45, 7) is 5.91. The third-order valence-electron chi connectivity index (χ3n) is 4.18. The zero-order valence-corrected chi connectivity index (χ0v) is 19.3. The summed E-state index contributed by atoms with van der Waals surface area (Å²) in [5.74, 6) is 2.27. The van der Waals surface area contributed by atoms with E-state index >= 15 is 0 Å². The van der Waals surface area contributed by atoms with Gasteiger partial charge in [0.15, 0.2) is 5.96 Å². The topological polar surface area (TPSA) is 49.8 Å². The molecule has 1 unspecified atom stereocenters. The van der Waals surface area contributed by atoms with Crippen LogP contribution < -0.4 is 10.1 Å². The van der Waals surface area contributed by atoms with E-state index in [1.54, 1.807) is 18.4 Å². The van der Waals surface area contributed by atoms with Crippen molar-refractivity contribution in [1.82, 2.24) is 15.2 Å². The first-order valence-corrected chi connectivity index (χ1v) is 9.38. The molecule has 1 aromatic carbocycles. The monoisotopic (exact) mass is 488 g/mol. The van der Waals surface area contributed by atoms with E-state index in [1.165, 1.54) is 5.56 Å². The molecule has 7 heteroatoms. The number of nitrogens with zero attached hydrogens (tertiary/aromatic N) is 3. The smallest absolute Gasteiger partial charge is 0.193 e. The summed E-state index contributed by atoms with van der Waals surface area (Å²) < 4.78 is 5.21. The van der Waals surface area contributed by atoms with E-state index in [0.29, 0.717) is 5.92 Å². The van der Waals surface area contributed by atoms with Crippen LogP contribution in [0.1, 0.15) is 35.5 Å². The molecule has 2 rings (SSSR count). The number of methoxy groups -OCH3 is 1. The second-order valence-electron chi connectivity index (χ2n) is 6.15. The van der Waals surface area contributed by atoms with Gasteiger partial charge in [0.25, 0.3) is 0 Å². The minimum absolute atomic E-state index is 0. The van der Waals surface area contributed by atoms with Crippen LogP contribution in [-0.2, 0) is 6.54 Å². The molecule has 144 valence electrons. The van der Waals surface area contributed by atoms with Crippen LogP contribution >= 0.6 is 35.3 Å². The lowest BCUT2D eigenvalue weighted by atomic mass is 9.98. The SMILES string of the molecule is CN=C(NCCC(C)c1ccc(OC)cc1)N(C)Cc1csc(C)n1.I. The fourth-order valence-electron chi connectivity index (χ4n) is 2.68. The zero-order valence-electron chi connectivity index (χ0n) is 16.2. The lowest BCUT2D eigenvalue weighted by molar-refractivity contribution is 0.414. The summed E-state index contributed by atoms with van der Waals surface area (Å²) in [5, 5.41) is 6.65. The molecule has 0 radical (unpaired) electrons. The first kappa shape index (κ1) is 22.7. The van der Waals surface area contributed by atoms with E-state index in [0.717, 1.165) is 41.9 Å². The van der Waals surface area contributed by atoms with Crippen LogP contribution in [0.5, 0.6) is 5.75 Å². The highest BCUT2D eigenvalue weighted by Gasteiger charge is 2.10. The van der Waals surface area contributed by atoms with Crippen molar-refractivity contribution in [2.24, 2.45) is 4.99 Å². The summed E-state index contributed by atoms with van der Waals surface area (Å²) in [6, 6.07) is 8.30. The van der Waals surface area contributed by atoms with Gasteiger partial charge in [0.2, 0.25) is 0 Å². The van der Waals surface area contributed by atoms with E-state index in [1.807, 2.05) is 33.2 Å². The maximum absolute atomic E-state index is 5.21. The van der Waals surface area contributed by atoms with E-state index < -0.39 is 0 Å². The van der Waals surface area contributed by atoms with Crippen LogP contribution in [0.4, 0.5) is 0 Å². The van der Waals surface area contributed by atoms with Crippen molar-refractivity contribution in [2.45, 2.75) is 32.7 Å². The van der Waals surface area contributed by atoms with Gasteiger partial charge in [-0.05, 0) is 37.0 Å². The van der Waals surface area contributed by atoms with Gasteiger partial charge in [0, 0.05) is 26.0 Å². The Bertz CT molecular complexity index is 687. The number of hydrogen-bond donors (Lipinski definition) is 1. The maximum Gasteiger partial charge on any atom is 0.193 e. The van der Waals surface area contributed by atoms with Gasteiger partial charge in [0.05, 0.1) is 24.4 Å². The zero-order chi connectivity index (χ0) is 18.2. The molecule has 1 atom stereocenters. The fourth-order valence-corrected chi connectivity index (χ4v) is 3.29. The number of hydrogen-bond acceptors (Lipinski definition) is 4. The fraction of sp³-hybridized carbons (Fsp3) is 0.474. The van der Waals surface area contributed by atoms with E-state index in [2.05, 4.69) is 44.6 Å². The van der Waals surface area contributed by atoms with Gasteiger partial charge in [-0.3, -0.25) is 4.99 Å². The van der Waals surface area contributed by atoms with Crippen LogP contribution in [-0.4, -0.2) is 43.6 Å². The number of aromatic nitrogens is 1. The molecular formula is C19H29IN4OS. The van der Waals surface area contributed by atoms with Crippen LogP contribution in [0.2, 0.25) is 0 Å². The summed E-state index contributed by atoms with van der Waals surface area (Å²) in [5.41, 5.74) is 2.41.